The molecule has 1 aliphatic rings. The summed E-state index contributed by atoms with van der Waals surface area (Å²) in [5.74, 6) is 0.964. The van der Waals surface area contributed by atoms with Crippen molar-refractivity contribution in [2.24, 2.45) is 0 Å². The Morgan fingerprint density at radius 2 is 1.70 bits per heavy atom. The maximum Gasteiger partial charge on any atom is 0.225 e. The maximum atomic E-state index is 6.16. The normalized spacial score (nSPS) is 15.3. The van der Waals surface area contributed by atoms with Gasteiger partial charge in [0.1, 0.15) is 10.6 Å². The van der Waals surface area contributed by atoms with Crippen molar-refractivity contribution < 1.29 is 0 Å². The van der Waals surface area contributed by atoms with E-state index >= 15 is 0 Å². The van der Waals surface area contributed by atoms with Gasteiger partial charge in [0.15, 0.2) is 0 Å². The van der Waals surface area contributed by atoms with Crippen molar-refractivity contribution in [3.8, 4) is 11.1 Å². The van der Waals surface area contributed by atoms with Crippen LogP contribution in [0.3, 0.4) is 0 Å². The number of piperidine rings is 1. The minimum atomic E-state index is 0.322. The van der Waals surface area contributed by atoms with Crippen molar-refractivity contribution >= 4 is 50.6 Å². The minimum absolute atomic E-state index is 0.322. The summed E-state index contributed by atoms with van der Waals surface area (Å²) in [4.78, 5) is 12.3. The highest BCUT2D eigenvalue weighted by molar-refractivity contribution is 7.17. The van der Waals surface area contributed by atoms with E-state index in [1.54, 1.807) is 11.3 Å². The molecular formula is C17H15Cl2N3S. The van der Waals surface area contributed by atoms with Crippen molar-refractivity contribution in [3.63, 3.8) is 0 Å². The van der Waals surface area contributed by atoms with E-state index in [1.807, 2.05) is 24.3 Å². The Morgan fingerprint density at radius 1 is 0.957 bits per heavy atom. The largest absolute Gasteiger partial charge is 0.356 e. The molecule has 4 rings (SSSR count). The Morgan fingerprint density at radius 3 is 2.43 bits per heavy atom. The van der Waals surface area contributed by atoms with E-state index in [1.165, 1.54) is 19.3 Å². The van der Waals surface area contributed by atoms with Crippen molar-refractivity contribution in [2.45, 2.75) is 19.3 Å². The van der Waals surface area contributed by atoms with Gasteiger partial charge in [-0.1, -0.05) is 23.7 Å². The predicted octanol–water partition coefficient (Wildman–Crippen LogP) is 5.66. The number of hydrogen-bond donors (Lipinski definition) is 0. The average molecular weight is 364 g/mol. The number of rotatable bonds is 2. The van der Waals surface area contributed by atoms with Crippen LogP contribution >= 0.6 is 34.5 Å². The average Bonchev–Trinajstić information content (AvgIpc) is 2.99. The van der Waals surface area contributed by atoms with E-state index < -0.39 is 0 Å². The molecule has 0 radical (unpaired) electrons. The molecule has 0 saturated carbocycles. The van der Waals surface area contributed by atoms with Gasteiger partial charge in [0.2, 0.25) is 5.28 Å². The van der Waals surface area contributed by atoms with Crippen LogP contribution in [0.2, 0.25) is 10.3 Å². The van der Waals surface area contributed by atoms with Crippen LogP contribution in [0.25, 0.3) is 21.3 Å². The van der Waals surface area contributed by atoms with Gasteiger partial charge in [0, 0.05) is 29.1 Å². The molecule has 1 fully saturated rings. The van der Waals surface area contributed by atoms with Gasteiger partial charge in [-0.2, -0.15) is 4.98 Å². The minimum Gasteiger partial charge on any atom is -0.356 e. The summed E-state index contributed by atoms with van der Waals surface area (Å²) in [7, 11) is 0. The molecule has 6 heteroatoms. The molecule has 23 heavy (non-hydrogen) atoms. The fourth-order valence-electron chi connectivity index (χ4n) is 3.07. The van der Waals surface area contributed by atoms with Crippen LogP contribution in [0.4, 0.5) is 5.82 Å². The van der Waals surface area contributed by atoms with Crippen LogP contribution in [-0.2, 0) is 0 Å². The van der Waals surface area contributed by atoms with Gasteiger partial charge < -0.3 is 4.90 Å². The third-order valence-electron chi connectivity index (χ3n) is 4.20. The second kappa shape index (κ2) is 6.27. The lowest BCUT2D eigenvalue weighted by Gasteiger charge is -2.28. The SMILES string of the molecule is Clc1ccc(-c2csc3nc(Cl)nc(N4CCCCC4)c23)cc1. The van der Waals surface area contributed by atoms with Crippen molar-refractivity contribution in [3.05, 3.63) is 40.0 Å². The summed E-state index contributed by atoms with van der Waals surface area (Å²) in [5.41, 5.74) is 2.28. The lowest BCUT2D eigenvalue weighted by molar-refractivity contribution is 0.574. The molecule has 1 aromatic carbocycles. The number of fused-ring (bicyclic) bond motifs is 1. The molecule has 3 aromatic rings. The summed E-state index contributed by atoms with van der Waals surface area (Å²) in [5, 5.41) is 4.29. The van der Waals surface area contributed by atoms with E-state index in [-0.39, 0.29) is 0 Å². The highest BCUT2D eigenvalue weighted by Crippen LogP contribution is 2.39. The molecule has 0 bridgehead atoms. The number of nitrogens with zero attached hydrogens (tertiary/aromatic N) is 3. The maximum absolute atomic E-state index is 6.16. The lowest BCUT2D eigenvalue weighted by Crippen LogP contribution is -2.30. The quantitative estimate of drug-likeness (QED) is 0.550. The fraction of sp³-hybridized carbons (Fsp3) is 0.294. The standard InChI is InChI=1S/C17H15Cl2N3S/c18-12-6-4-11(5-7-12)13-10-23-16-14(13)15(20-17(19)21-16)22-8-2-1-3-9-22/h4-7,10H,1-3,8-9H2. The zero-order valence-electron chi connectivity index (χ0n) is 12.4. The van der Waals surface area contributed by atoms with Gasteiger partial charge in [-0.3, -0.25) is 0 Å². The molecule has 3 nitrogen and oxygen atoms in total. The summed E-state index contributed by atoms with van der Waals surface area (Å²) < 4.78 is 0. The Balaban J connectivity index is 1.90. The predicted molar refractivity (Wildman–Crippen MR) is 98.9 cm³/mol. The van der Waals surface area contributed by atoms with Gasteiger partial charge in [-0.05, 0) is 48.6 Å². The molecule has 0 spiro atoms. The van der Waals surface area contributed by atoms with Gasteiger partial charge in [-0.25, -0.2) is 4.98 Å². The number of hydrogen-bond acceptors (Lipinski definition) is 4. The van der Waals surface area contributed by atoms with Crippen molar-refractivity contribution in [1.82, 2.24) is 9.97 Å². The Bertz CT molecular complexity index is 839. The molecule has 118 valence electrons. The number of aromatic nitrogens is 2. The second-order valence-corrected chi connectivity index (χ2v) is 7.33. The van der Waals surface area contributed by atoms with Crippen LogP contribution in [0, 0.1) is 0 Å². The van der Waals surface area contributed by atoms with Crippen molar-refractivity contribution in [2.75, 3.05) is 18.0 Å². The molecule has 1 aliphatic heterocycles. The van der Waals surface area contributed by atoms with Crippen LogP contribution in [0.1, 0.15) is 19.3 Å². The third-order valence-corrected chi connectivity index (χ3v) is 5.49. The zero-order valence-corrected chi connectivity index (χ0v) is 14.8. The highest BCUT2D eigenvalue weighted by atomic mass is 35.5. The molecule has 0 amide bonds. The van der Waals surface area contributed by atoms with Gasteiger partial charge in [-0.15, -0.1) is 11.3 Å². The van der Waals surface area contributed by atoms with Gasteiger partial charge in [0.05, 0.1) is 5.39 Å². The Hall–Kier alpha value is -1.36. The van der Waals surface area contributed by atoms with E-state index in [9.17, 15) is 0 Å². The molecule has 3 heterocycles. The Labute approximate surface area is 148 Å². The number of benzene rings is 1. The summed E-state index contributed by atoms with van der Waals surface area (Å²) >= 11 is 13.8. The molecule has 2 aromatic heterocycles. The Kier molecular flexibility index (Phi) is 4.14. The van der Waals surface area contributed by atoms with Crippen LogP contribution in [0.5, 0.6) is 0 Å². The van der Waals surface area contributed by atoms with E-state index in [0.29, 0.717) is 5.28 Å². The molecule has 0 atom stereocenters. The van der Waals surface area contributed by atoms with Gasteiger partial charge >= 0.3 is 0 Å². The van der Waals surface area contributed by atoms with E-state index in [4.69, 9.17) is 23.2 Å². The van der Waals surface area contributed by atoms with E-state index in [0.717, 1.165) is 45.3 Å². The smallest absolute Gasteiger partial charge is 0.225 e. The number of thiophene rings is 1. The van der Waals surface area contributed by atoms with Crippen LogP contribution in [0.15, 0.2) is 29.6 Å². The molecule has 0 unspecified atom stereocenters. The highest BCUT2D eigenvalue weighted by Gasteiger charge is 2.20. The molecule has 1 saturated heterocycles. The zero-order chi connectivity index (χ0) is 15.8. The molecule has 0 N–H and O–H groups in total. The summed E-state index contributed by atoms with van der Waals surface area (Å²) in [6.07, 6.45) is 3.68. The topological polar surface area (TPSA) is 29.0 Å². The monoisotopic (exact) mass is 363 g/mol. The van der Waals surface area contributed by atoms with Crippen LogP contribution in [-0.4, -0.2) is 23.1 Å². The number of anilines is 1. The first-order valence-electron chi connectivity index (χ1n) is 7.68. The van der Waals surface area contributed by atoms with Gasteiger partial charge in [0.25, 0.3) is 0 Å². The summed E-state index contributed by atoms with van der Waals surface area (Å²) in [6.45, 7) is 2.05. The first-order chi connectivity index (χ1) is 11.2. The van der Waals surface area contributed by atoms with E-state index in [2.05, 4.69) is 20.2 Å². The van der Waals surface area contributed by atoms with Crippen molar-refractivity contribution in [1.29, 1.82) is 0 Å². The molecular weight excluding hydrogens is 349 g/mol. The second-order valence-electron chi connectivity index (χ2n) is 5.70. The number of halogens is 2. The first kappa shape index (κ1) is 15.2. The first-order valence-corrected chi connectivity index (χ1v) is 9.31. The van der Waals surface area contributed by atoms with Crippen LogP contribution < -0.4 is 4.90 Å². The molecule has 0 aliphatic carbocycles. The fourth-order valence-corrected chi connectivity index (χ4v) is 4.36. The summed E-state index contributed by atoms with van der Waals surface area (Å²) in [6, 6.07) is 7.91. The lowest BCUT2D eigenvalue weighted by atomic mass is 10.1. The third kappa shape index (κ3) is 2.91.